The first-order valence-corrected chi connectivity index (χ1v) is 8.76. The van der Waals surface area contributed by atoms with Gasteiger partial charge < -0.3 is 10.4 Å². The third-order valence-electron chi connectivity index (χ3n) is 2.99. The number of carbonyl (C=O) groups excluding carboxylic acids is 1. The molecule has 0 bridgehead atoms. The average Bonchev–Trinajstić information content (AvgIpc) is 2.83. The van der Waals surface area contributed by atoms with Crippen LogP contribution in [0, 0.1) is 5.92 Å². The van der Waals surface area contributed by atoms with Crippen LogP contribution in [0.4, 0.5) is 0 Å². The quantitative estimate of drug-likeness (QED) is 0.825. The molecule has 1 rings (SSSR count). The van der Waals surface area contributed by atoms with E-state index in [0.29, 0.717) is 6.42 Å². The highest BCUT2D eigenvalue weighted by Gasteiger charge is 2.26. The summed E-state index contributed by atoms with van der Waals surface area (Å²) in [5.41, 5.74) is 0. The van der Waals surface area contributed by atoms with Crippen LogP contribution in [0.3, 0.4) is 0 Å². The van der Waals surface area contributed by atoms with Crippen molar-refractivity contribution in [3.63, 3.8) is 0 Å². The van der Waals surface area contributed by atoms with E-state index in [-0.39, 0.29) is 15.7 Å². The summed E-state index contributed by atoms with van der Waals surface area (Å²) in [7, 11) is -3.37. The van der Waals surface area contributed by atoms with Crippen LogP contribution in [0.2, 0.25) is 0 Å². The summed E-state index contributed by atoms with van der Waals surface area (Å²) in [6, 6.07) is 0.265. The fourth-order valence-electron chi connectivity index (χ4n) is 1.53. The molecule has 2 atom stereocenters. The molecule has 0 unspecified atom stereocenters. The summed E-state index contributed by atoms with van der Waals surface area (Å²) in [6.45, 7) is 3.56. The fraction of sp³-hybridized carbons (Fsp3) is 0.500. The van der Waals surface area contributed by atoms with Gasteiger partial charge in [0.1, 0.15) is 6.04 Å². The van der Waals surface area contributed by atoms with E-state index in [4.69, 9.17) is 5.11 Å². The largest absolute Gasteiger partial charge is 0.480 e. The molecule has 1 amide bonds. The first-order valence-electron chi connectivity index (χ1n) is 5.99. The van der Waals surface area contributed by atoms with Crippen molar-refractivity contribution in [2.75, 3.05) is 6.26 Å². The molecule has 0 saturated heterocycles. The normalized spacial score (nSPS) is 14.6. The van der Waals surface area contributed by atoms with Crippen molar-refractivity contribution in [2.45, 2.75) is 31.2 Å². The van der Waals surface area contributed by atoms with Gasteiger partial charge in [-0.1, -0.05) is 20.3 Å². The van der Waals surface area contributed by atoms with Crippen molar-refractivity contribution in [3.05, 3.63) is 16.3 Å². The van der Waals surface area contributed by atoms with Gasteiger partial charge in [-0.2, -0.15) is 0 Å². The zero-order chi connectivity index (χ0) is 15.5. The first kappa shape index (κ1) is 16.6. The van der Waals surface area contributed by atoms with Crippen molar-refractivity contribution in [3.8, 4) is 0 Å². The van der Waals surface area contributed by atoms with E-state index in [0.717, 1.165) is 17.6 Å². The Bertz CT molecular complexity index is 605. The predicted molar refractivity (Wildman–Crippen MR) is 75.8 cm³/mol. The molecule has 0 saturated carbocycles. The number of carbonyl (C=O) groups is 2. The summed E-state index contributed by atoms with van der Waals surface area (Å²) >= 11 is 0.973. The number of rotatable bonds is 6. The zero-order valence-electron chi connectivity index (χ0n) is 11.4. The second-order valence-corrected chi connectivity index (χ2v) is 7.52. The van der Waals surface area contributed by atoms with E-state index < -0.39 is 27.8 Å². The van der Waals surface area contributed by atoms with E-state index in [2.05, 4.69) is 5.32 Å². The van der Waals surface area contributed by atoms with Gasteiger partial charge >= 0.3 is 5.97 Å². The number of thiophene rings is 1. The highest BCUT2D eigenvalue weighted by atomic mass is 32.2. The number of sulfone groups is 1. The van der Waals surface area contributed by atoms with E-state index in [9.17, 15) is 18.0 Å². The Morgan fingerprint density at radius 3 is 2.45 bits per heavy atom. The molecule has 112 valence electrons. The van der Waals surface area contributed by atoms with Gasteiger partial charge in [-0.05, 0) is 12.0 Å². The lowest BCUT2D eigenvalue weighted by molar-refractivity contribution is -0.140. The van der Waals surface area contributed by atoms with Gasteiger partial charge in [0.25, 0.3) is 5.91 Å². The Kier molecular flexibility index (Phi) is 5.29. The minimum Gasteiger partial charge on any atom is -0.480 e. The van der Waals surface area contributed by atoms with Gasteiger partial charge in [0.2, 0.25) is 0 Å². The number of hydrogen-bond donors (Lipinski definition) is 2. The third-order valence-corrected chi connectivity index (χ3v) is 5.16. The van der Waals surface area contributed by atoms with Crippen molar-refractivity contribution < 1.29 is 23.1 Å². The zero-order valence-corrected chi connectivity index (χ0v) is 13.0. The van der Waals surface area contributed by atoms with Crippen LogP contribution in [0.25, 0.3) is 0 Å². The molecule has 1 aromatic heterocycles. The molecule has 0 spiro atoms. The molecular formula is C12H17NO5S2. The molecule has 1 aromatic rings. The SMILES string of the molecule is CC[C@H](C)[C@H](NC(=O)c1cc(S(C)(=O)=O)cs1)C(=O)O. The standard InChI is InChI=1S/C12H17NO5S2/c1-4-7(2)10(12(15)16)13-11(14)9-5-8(6-19-9)20(3,17)18/h5-7,10H,4H2,1-3H3,(H,13,14)(H,15,16)/t7-,10-/m0/s1. The van der Waals surface area contributed by atoms with Crippen LogP contribution in [-0.2, 0) is 14.6 Å². The second kappa shape index (κ2) is 6.36. The molecule has 0 fully saturated rings. The van der Waals surface area contributed by atoms with Crippen molar-refractivity contribution in [2.24, 2.45) is 5.92 Å². The van der Waals surface area contributed by atoms with E-state index in [1.54, 1.807) is 6.92 Å². The molecule has 6 nitrogen and oxygen atoms in total. The molecule has 20 heavy (non-hydrogen) atoms. The summed E-state index contributed by atoms with van der Waals surface area (Å²) in [5, 5.41) is 12.9. The van der Waals surface area contributed by atoms with Gasteiger partial charge in [-0.3, -0.25) is 4.79 Å². The molecule has 0 aromatic carbocycles. The van der Waals surface area contributed by atoms with Crippen molar-refractivity contribution in [1.29, 1.82) is 0 Å². The Balaban J connectivity index is 2.90. The van der Waals surface area contributed by atoms with Gasteiger partial charge in [0.05, 0.1) is 9.77 Å². The summed E-state index contributed by atoms with van der Waals surface area (Å²) in [5.74, 6) is -1.89. The van der Waals surface area contributed by atoms with Gasteiger partial charge in [0, 0.05) is 11.6 Å². The number of nitrogens with one attached hydrogen (secondary N) is 1. The Labute approximate surface area is 121 Å². The highest BCUT2D eigenvalue weighted by Crippen LogP contribution is 2.19. The number of carboxylic acid groups (broad SMARTS) is 1. The number of hydrogen-bond acceptors (Lipinski definition) is 5. The molecule has 0 aliphatic rings. The smallest absolute Gasteiger partial charge is 0.326 e. The number of aliphatic carboxylic acids is 1. The topological polar surface area (TPSA) is 101 Å². The highest BCUT2D eigenvalue weighted by molar-refractivity contribution is 7.90. The average molecular weight is 319 g/mol. The third kappa shape index (κ3) is 4.04. The summed E-state index contributed by atoms with van der Waals surface area (Å²) in [6.07, 6.45) is 1.66. The molecule has 1 heterocycles. The summed E-state index contributed by atoms with van der Waals surface area (Å²) in [4.78, 5) is 23.3. The number of carboxylic acids is 1. The van der Waals surface area contributed by atoms with Crippen LogP contribution in [0.5, 0.6) is 0 Å². The van der Waals surface area contributed by atoms with Crippen LogP contribution in [0.1, 0.15) is 29.9 Å². The minimum absolute atomic E-state index is 0.0584. The maximum absolute atomic E-state index is 12.0. The molecular weight excluding hydrogens is 302 g/mol. The fourth-order valence-corrected chi connectivity index (χ4v) is 3.45. The summed E-state index contributed by atoms with van der Waals surface area (Å²) < 4.78 is 22.7. The molecule has 2 N–H and O–H groups in total. The van der Waals surface area contributed by atoms with Crippen molar-refractivity contribution in [1.82, 2.24) is 5.32 Å². The van der Waals surface area contributed by atoms with Crippen LogP contribution in [0.15, 0.2) is 16.3 Å². The molecule has 0 aliphatic carbocycles. The molecule has 0 aliphatic heterocycles. The van der Waals surface area contributed by atoms with Crippen LogP contribution < -0.4 is 5.32 Å². The Morgan fingerprint density at radius 2 is 2.05 bits per heavy atom. The van der Waals surface area contributed by atoms with Gasteiger partial charge in [-0.15, -0.1) is 11.3 Å². The lowest BCUT2D eigenvalue weighted by Gasteiger charge is -2.19. The van der Waals surface area contributed by atoms with Crippen LogP contribution in [-0.4, -0.2) is 37.7 Å². The van der Waals surface area contributed by atoms with E-state index >= 15 is 0 Å². The second-order valence-electron chi connectivity index (χ2n) is 4.59. The Morgan fingerprint density at radius 1 is 1.45 bits per heavy atom. The maximum atomic E-state index is 12.0. The maximum Gasteiger partial charge on any atom is 0.326 e. The van der Waals surface area contributed by atoms with E-state index in [1.165, 1.54) is 11.4 Å². The molecule has 0 radical (unpaired) electrons. The van der Waals surface area contributed by atoms with Gasteiger partial charge in [0.15, 0.2) is 9.84 Å². The predicted octanol–water partition coefficient (Wildman–Crippen LogP) is 1.38. The Hall–Kier alpha value is -1.41. The molecule has 8 heteroatoms. The minimum atomic E-state index is -3.37. The van der Waals surface area contributed by atoms with Gasteiger partial charge in [-0.25, -0.2) is 13.2 Å². The lowest BCUT2D eigenvalue weighted by atomic mass is 9.99. The lowest BCUT2D eigenvalue weighted by Crippen LogP contribution is -2.44. The van der Waals surface area contributed by atoms with Crippen molar-refractivity contribution >= 4 is 33.1 Å². The monoisotopic (exact) mass is 319 g/mol. The van der Waals surface area contributed by atoms with Crippen LogP contribution >= 0.6 is 11.3 Å². The first-order chi connectivity index (χ1) is 9.16. The van der Waals surface area contributed by atoms with E-state index in [1.807, 2.05) is 6.92 Å². The number of amides is 1.